The number of amides is 1. The van der Waals surface area contributed by atoms with Crippen LogP contribution in [0.2, 0.25) is 10.2 Å². The fourth-order valence-electron chi connectivity index (χ4n) is 4.08. The number of anilines is 1. The summed E-state index contributed by atoms with van der Waals surface area (Å²) < 4.78 is 1.73. The molecule has 0 radical (unpaired) electrons. The molecular weight excluding hydrogens is 441 g/mol. The minimum atomic E-state index is -0.398. The first kappa shape index (κ1) is 19.8. The van der Waals surface area contributed by atoms with Crippen molar-refractivity contribution in [3.63, 3.8) is 0 Å². The molecule has 31 heavy (non-hydrogen) atoms. The van der Waals surface area contributed by atoms with Gasteiger partial charge in [0.15, 0.2) is 10.8 Å². The molecule has 1 atom stereocenters. The van der Waals surface area contributed by atoms with E-state index in [0.29, 0.717) is 39.4 Å². The third-order valence-corrected chi connectivity index (χ3v) is 5.83. The average Bonchev–Trinajstić information content (AvgIpc) is 3.36. The molecule has 0 aromatic carbocycles. The van der Waals surface area contributed by atoms with Crippen LogP contribution in [0.4, 0.5) is 5.69 Å². The predicted octanol–water partition coefficient (Wildman–Crippen LogP) is 3.03. The van der Waals surface area contributed by atoms with E-state index in [2.05, 4.69) is 49.6 Å². The zero-order valence-corrected chi connectivity index (χ0v) is 18.3. The Labute approximate surface area is 186 Å². The molecule has 0 spiro atoms. The third kappa shape index (κ3) is 3.31. The fraction of sp³-hybridized carbons (Fsp3) is 0.316. The van der Waals surface area contributed by atoms with E-state index in [1.165, 1.54) is 11.0 Å². The quantitative estimate of drug-likeness (QED) is 0.502. The van der Waals surface area contributed by atoms with Gasteiger partial charge in [0.25, 0.3) is 0 Å². The minimum absolute atomic E-state index is 0.172. The Morgan fingerprint density at radius 3 is 2.71 bits per heavy atom. The molecular formula is C19H17Cl2N9O. The second kappa shape index (κ2) is 6.96. The first-order valence-corrected chi connectivity index (χ1v) is 10.2. The summed E-state index contributed by atoms with van der Waals surface area (Å²) >= 11 is 12.4. The summed E-state index contributed by atoms with van der Waals surface area (Å²) in [5.41, 5.74) is 3.00. The summed E-state index contributed by atoms with van der Waals surface area (Å²) in [6, 6.07) is 3.32. The summed E-state index contributed by atoms with van der Waals surface area (Å²) in [6.45, 7) is 4.16. The van der Waals surface area contributed by atoms with Crippen LogP contribution in [0.15, 0.2) is 24.5 Å². The number of rotatable bonds is 3. The van der Waals surface area contributed by atoms with E-state index in [1.54, 1.807) is 29.9 Å². The highest BCUT2D eigenvalue weighted by atomic mass is 35.5. The molecule has 1 aliphatic carbocycles. The summed E-state index contributed by atoms with van der Waals surface area (Å²) in [4.78, 5) is 23.2. The van der Waals surface area contributed by atoms with Crippen LogP contribution in [0, 0.1) is 0 Å². The van der Waals surface area contributed by atoms with Crippen molar-refractivity contribution in [3.8, 4) is 11.5 Å². The van der Waals surface area contributed by atoms with E-state index in [1.807, 2.05) is 0 Å². The Hall–Kier alpha value is -3.11. The van der Waals surface area contributed by atoms with Gasteiger partial charge in [-0.1, -0.05) is 37.0 Å². The lowest BCUT2D eigenvalue weighted by molar-refractivity contribution is -0.117. The van der Waals surface area contributed by atoms with Gasteiger partial charge in [-0.05, 0) is 17.7 Å². The van der Waals surface area contributed by atoms with Crippen molar-refractivity contribution >= 4 is 40.4 Å². The van der Waals surface area contributed by atoms with Crippen LogP contribution in [0.1, 0.15) is 37.4 Å². The molecule has 158 valence electrons. The molecule has 0 bridgehead atoms. The van der Waals surface area contributed by atoms with Crippen LogP contribution < -0.4 is 5.32 Å². The zero-order valence-electron chi connectivity index (χ0n) is 16.8. The van der Waals surface area contributed by atoms with Gasteiger partial charge in [0.05, 0.1) is 35.6 Å². The summed E-state index contributed by atoms with van der Waals surface area (Å²) in [5.74, 6) is -0.260. The predicted molar refractivity (Wildman–Crippen MR) is 114 cm³/mol. The number of pyridine rings is 1. The van der Waals surface area contributed by atoms with Crippen molar-refractivity contribution in [2.45, 2.75) is 31.6 Å². The Kier molecular flexibility index (Phi) is 4.45. The lowest BCUT2D eigenvalue weighted by Gasteiger charge is -2.19. The Morgan fingerprint density at radius 1 is 1.19 bits per heavy atom. The molecule has 0 saturated carbocycles. The van der Waals surface area contributed by atoms with Crippen LogP contribution in [0.25, 0.3) is 17.2 Å². The maximum absolute atomic E-state index is 13.2. The van der Waals surface area contributed by atoms with Crippen LogP contribution in [0.5, 0.6) is 0 Å². The van der Waals surface area contributed by atoms with Crippen molar-refractivity contribution in [2.24, 2.45) is 7.05 Å². The lowest BCUT2D eigenvalue weighted by Crippen LogP contribution is -2.21. The van der Waals surface area contributed by atoms with Gasteiger partial charge in [0, 0.05) is 23.2 Å². The first-order valence-electron chi connectivity index (χ1n) is 9.48. The Bertz CT molecular complexity index is 1340. The van der Waals surface area contributed by atoms with Gasteiger partial charge >= 0.3 is 0 Å². The topological polar surface area (TPSA) is 116 Å². The number of halogens is 2. The zero-order chi connectivity index (χ0) is 21.9. The van der Waals surface area contributed by atoms with Gasteiger partial charge in [0.2, 0.25) is 11.7 Å². The third-order valence-electron chi connectivity index (χ3n) is 5.36. The van der Waals surface area contributed by atoms with Gasteiger partial charge in [-0.2, -0.15) is 9.90 Å². The molecule has 10 nitrogen and oxygen atoms in total. The molecule has 1 aliphatic rings. The molecule has 1 unspecified atom stereocenters. The summed E-state index contributed by atoms with van der Waals surface area (Å²) in [6.07, 6.45) is 3.86. The first-order chi connectivity index (χ1) is 14.7. The smallest absolute Gasteiger partial charge is 0.232 e. The van der Waals surface area contributed by atoms with E-state index in [9.17, 15) is 4.79 Å². The van der Waals surface area contributed by atoms with Crippen molar-refractivity contribution in [1.29, 1.82) is 0 Å². The van der Waals surface area contributed by atoms with Crippen molar-refractivity contribution < 1.29 is 4.79 Å². The van der Waals surface area contributed by atoms with Crippen molar-refractivity contribution in [2.75, 3.05) is 5.32 Å². The molecule has 4 heterocycles. The van der Waals surface area contributed by atoms with E-state index in [4.69, 9.17) is 23.2 Å². The average molecular weight is 458 g/mol. The van der Waals surface area contributed by atoms with Crippen LogP contribution in [-0.2, 0) is 17.3 Å². The van der Waals surface area contributed by atoms with Gasteiger partial charge < -0.3 is 5.32 Å². The maximum atomic E-state index is 13.2. The number of hydrogen-bond acceptors (Lipinski definition) is 7. The summed E-state index contributed by atoms with van der Waals surface area (Å²) in [7, 11) is 1.65. The number of nitrogens with zero attached hydrogens (tertiary/aromatic N) is 8. The standard InChI is InChI=1S/C19H17Cl2N9O/c1-19(2)6-10(11-8-22-14-5-13(21)26-30(14)16(11)19)18(31)24-9-4-12(20)15(23-7-9)17-25-28-29(3)27-17/h4-5,7-8,10H,6H2,1-3H3,(H,24,31). The number of aromatic nitrogens is 8. The number of carbonyl (C=O) groups is 1. The van der Waals surface area contributed by atoms with Crippen LogP contribution in [-0.4, -0.2) is 45.7 Å². The van der Waals surface area contributed by atoms with E-state index >= 15 is 0 Å². The molecule has 1 amide bonds. The number of hydrogen-bond donors (Lipinski definition) is 1. The fourth-order valence-corrected chi connectivity index (χ4v) is 4.51. The second-order valence-electron chi connectivity index (χ2n) is 8.09. The number of fused-ring (bicyclic) bond motifs is 3. The van der Waals surface area contributed by atoms with E-state index in [-0.39, 0.29) is 11.3 Å². The highest BCUT2D eigenvalue weighted by molar-refractivity contribution is 6.33. The molecule has 12 heteroatoms. The molecule has 5 rings (SSSR count). The number of carbonyl (C=O) groups excluding carboxylic acids is 1. The van der Waals surface area contributed by atoms with Gasteiger partial charge in [0.1, 0.15) is 5.69 Å². The van der Waals surface area contributed by atoms with Crippen molar-refractivity contribution in [3.05, 3.63) is 46.0 Å². The highest BCUT2D eigenvalue weighted by Crippen LogP contribution is 2.46. The van der Waals surface area contributed by atoms with Crippen LogP contribution in [0.3, 0.4) is 0 Å². The monoisotopic (exact) mass is 457 g/mol. The van der Waals surface area contributed by atoms with E-state index < -0.39 is 5.92 Å². The number of tetrazole rings is 1. The van der Waals surface area contributed by atoms with Gasteiger partial charge in [-0.25, -0.2) is 14.5 Å². The van der Waals surface area contributed by atoms with Gasteiger partial charge in [-0.15, -0.1) is 10.2 Å². The molecule has 0 saturated heterocycles. The highest BCUT2D eigenvalue weighted by Gasteiger charge is 2.43. The maximum Gasteiger partial charge on any atom is 0.232 e. The second-order valence-corrected chi connectivity index (χ2v) is 8.88. The summed E-state index contributed by atoms with van der Waals surface area (Å²) in [5, 5.41) is 19.7. The normalized spacial score (nSPS) is 17.1. The largest absolute Gasteiger partial charge is 0.324 e. The van der Waals surface area contributed by atoms with Gasteiger partial charge in [-0.3, -0.25) is 4.79 Å². The SMILES string of the molecule is Cn1nnc(-c2ncc(NC(=O)C3CC(C)(C)c4c3cnc3cc(Cl)nn43)cc2Cl)n1. The molecule has 1 N–H and O–H groups in total. The number of nitrogens with one attached hydrogen (secondary N) is 1. The molecule has 0 aliphatic heterocycles. The minimum Gasteiger partial charge on any atom is -0.324 e. The Balaban J connectivity index is 1.44. The molecule has 4 aromatic rings. The number of aryl methyl sites for hydroxylation is 1. The lowest BCUT2D eigenvalue weighted by atomic mass is 9.88. The molecule has 4 aromatic heterocycles. The molecule has 0 fully saturated rings. The van der Waals surface area contributed by atoms with E-state index in [0.717, 1.165) is 11.3 Å². The van der Waals surface area contributed by atoms with Crippen LogP contribution >= 0.6 is 23.2 Å². The van der Waals surface area contributed by atoms with Crippen molar-refractivity contribution in [1.82, 2.24) is 39.8 Å². The Morgan fingerprint density at radius 2 is 2.00 bits per heavy atom.